The maximum Gasteiger partial charge on any atom is 0.161 e. The van der Waals surface area contributed by atoms with Gasteiger partial charge in [0.05, 0.1) is 10.2 Å². The molecule has 0 fully saturated rings. The molecule has 0 atom stereocenters. The summed E-state index contributed by atoms with van der Waals surface area (Å²) in [6, 6.07) is 6.85. The minimum atomic E-state index is 0.188. The number of phenolic OH excluding ortho intramolecular Hbond substituents is 1. The summed E-state index contributed by atoms with van der Waals surface area (Å²) in [4.78, 5) is 8.80. The van der Waals surface area contributed by atoms with Crippen molar-refractivity contribution < 1.29 is 5.11 Å². The topological polar surface area (TPSA) is 72.0 Å². The van der Waals surface area contributed by atoms with Gasteiger partial charge in [0.2, 0.25) is 0 Å². The van der Waals surface area contributed by atoms with Crippen LogP contribution in [0.25, 0.3) is 11.4 Å². The Hall–Kier alpha value is -1.62. The molecule has 0 bridgehead atoms. The summed E-state index contributed by atoms with van der Waals surface area (Å²) < 4.78 is 0.755. The van der Waals surface area contributed by atoms with Gasteiger partial charge in [-0.05, 0) is 40.4 Å². The van der Waals surface area contributed by atoms with Crippen LogP contribution in [0.15, 0.2) is 28.7 Å². The summed E-state index contributed by atoms with van der Waals surface area (Å²) in [6.07, 6.45) is 0.819. The van der Waals surface area contributed by atoms with E-state index < -0.39 is 0 Å². The molecule has 2 rings (SSSR count). The summed E-state index contributed by atoms with van der Waals surface area (Å²) in [5, 5.41) is 9.52. The normalized spacial score (nSPS) is 10.9. The maximum atomic E-state index is 9.52. The van der Waals surface area contributed by atoms with Crippen molar-refractivity contribution in [3.8, 4) is 17.1 Å². The molecular formula is C14H16BrN3O. The van der Waals surface area contributed by atoms with Gasteiger partial charge >= 0.3 is 0 Å². The smallest absolute Gasteiger partial charge is 0.161 e. The van der Waals surface area contributed by atoms with E-state index in [4.69, 9.17) is 5.73 Å². The first kappa shape index (κ1) is 13.8. The Labute approximate surface area is 120 Å². The summed E-state index contributed by atoms with van der Waals surface area (Å²) in [5.74, 6) is 1.62. The van der Waals surface area contributed by atoms with Gasteiger partial charge in [0.25, 0.3) is 0 Å². The van der Waals surface area contributed by atoms with E-state index in [1.54, 1.807) is 18.2 Å². The van der Waals surface area contributed by atoms with E-state index in [0.29, 0.717) is 17.6 Å². The number of hydrogen-bond acceptors (Lipinski definition) is 4. The van der Waals surface area contributed by atoms with Crippen molar-refractivity contribution in [3.05, 3.63) is 34.4 Å². The lowest BCUT2D eigenvalue weighted by molar-refractivity contribution is 0.475. The van der Waals surface area contributed by atoms with Gasteiger partial charge in [-0.15, -0.1) is 0 Å². The van der Waals surface area contributed by atoms with Crippen LogP contribution in [0.4, 0.5) is 5.82 Å². The molecule has 0 radical (unpaired) electrons. The molecule has 1 heterocycles. The van der Waals surface area contributed by atoms with E-state index in [9.17, 15) is 5.11 Å². The molecule has 2 aromatic rings. The first-order chi connectivity index (χ1) is 8.97. The molecule has 5 heteroatoms. The second kappa shape index (κ2) is 5.57. The third-order valence-corrected chi connectivity index (χ3v) is 3.52. The summed E-state index contributed by atoms with van der Waals surface area (Å²) in [7, 11) is 0. The first-order valence-corrected chi connectivity index (χ1v) is 6.88. The standard InChI is InChI=1S/C14H16BrN3O/c1-8(2)6-11-12(15)13(16)18-14(17-11)9-4-3-5-10(19)7-9/h3-5,7-8,19H,6H2,1-2H3,(H2,16,17,18). The zero-order valence-electron chi connectivity index (χ0n) is 10.9. The van der Waals surface area contributed by atoms with Gasteiger partial charge in [-0.2, -0.15) is 0 Å². The van der Waals surface area contributed by atoms with E-state index in [0.717, 1.165) is 22.2 Å². The first-order valence-electron chi connectivity index (χ1n) is 6.08. The monoisotopic (exact) mass is 321 g/mol. The highest BCUT2D eigenvalue weighted by atomic mass is 79.9. The molecule has 0 aliphatic heterocycles. The Bertz CT molecular complexity index is 599. The van der Waals surface area contributed by atoms with Crippen LogP contribution in [0.2, 0.25) is 0 Å². The minimum Gasteiger partial charge on any atom is -0.508 e. The Morgan fingerprint density at radius 2 is 2.05 bits per heavy atom. The van der Waals surface area contributed by atoms with Gasteiger partial charge < -0.3 is 10.8 Å². The van der Waals surface area contributed by atoms with Crippen molar-refractivity contribution in [1.82, 2.24) is 9.97 Å². The zero-order chi connectivity index (χ0) is 14.0. The van der Waals surface area contributed by atoms with Crippen LogP contribution in [-0.4, -0.2) is 15.1 Å². The maximum absolute atomic E-state index is 9.52. The van der Waals surface area contributed by atoms with Crippen molar-refractivity contribution in [2.75, 3.05) is 5.73 Å². The molecule has 4 nitrogen and oxygen atoms in total. The number of phenols is 1. The number of anilines is 1. The van der Waals surface area contributed by atoms with Gasteiger partial charge in [-0.3, -0.25) is 0 Å². The van der Waals surface area contributed by atoms with Crippen LogP contribution >= 0.6 is 15.9 Å². The fourth-order valence-electron chi connectivity index (χ4n) is 1.81. The molecular weight excluding hydrogens is 306 g/mol. The van der Waals surface area contributed by atoms with Crippen molar-refractivity contribution in [1.29, 1.82) is 0 Å². The second-order valence-corrected chi connectivity index (χ2v) is 5.63. The van der Waals surface area contributed by atoms with Crippen LogP contribution in [0.1, 0.15) is 19.5 Å². The highest BCUT2D eigenvalue weighted by Crippen LogP contribution is 2.28. The SMILES string of the molecule is CC(C)Cc1nc(-c2cccc(O)c2)nc(N)c1Br. The van der Waals surface area contributed by atoms with Crippen molar-refractivity contribution in [2.24, 2.45) is 5.92 Å². The molecule has 0 unspecified atom stereocenters. The summed E-state index contributed by atoms with van der Waals surface area (Å²) in [6.45, 7) is 4.25. The number of aromatic hydroxyl groups is 1. The number of nitrogens with zero attached hydrogens (tertiary/aromatic N) is 2. The molecule has 0 aliphatic carbocycles. The highest BCUT2D eigenvalue weighted by Gasteiger charge is 2.13. The van der Waals surface area contributed by atoms with E-state index >= 15 is 0 Å². The molecule has 0 saturated carbocycles. The molecule has 1 aromatic heterocycles. The third kappa shape index (κ3) is 3.23. The van der Waals surface area contributed by atoms with Gasteiger partial charge in [-0.1, -0.05) is 26.0 Å². The number of hydrogen-bond donors (Lipinski definition) is 2. The van der Waals surface area contributed by atoms with Gasteiger partial charge in [-0.25, -0.2) is 9.97 Å². The number of aromatic nitrogens is 2. The number of rotatable bonds is 3. The average molecular weight is 322 g/mol. The van der Waals surface area contributed by atoms with Gasteiger partial charge in [0.15, 0.2) is 5.82 Å². The van der Waals surface area contributed by atoms with Crippen LogP contribution < -0.4 is 5.73 Å². The van der Waals surface area contributed by atoms with Crippen LogP contribution in [-0.2, 0) is 6.42 Å². The largest absolute Gasteiger partial charge is 0.508 e. The lowest BCUT2D eigenvalue weighted by atomic mass is 10.1. The Kier molecular flexibility index (Phi) is 4.04. The van der Waals surface area contributed by atoms with E-state index in [-0.39, 0.29) is 5.75 Å². The number of nitrogen functional groups attached to an aromatic ring is 1. The van der Waals surface area contributed by atoms with E-state index in [2.05, 4.69) is 39.7 Å². The van der Waals surface area contributed by atoms with Crippen LogP contribution in [0, 0.1) is 5.92 Å². The quantitative estimate of drug-likeness (QED) is 0.908. The van der Waals surface area contributed by atoms with Crippen LogP contribution in [0.3, 0.4) is 0 Å². The Morgan fingerprint density at radius 1 is 1.32 bits per heavy atom. The molecule has 0 saturated heterocycles. The minimum absolute atomic E-state index is 0.188. The predicted molar refractivity (Wildman–Crippen MR) is 79.8 cm³/mol. The van der Waals surface area contributed by atoms with Crippen molar-refractivity contribution >= 4 is 21.7 Å². The highest BCUT2D eigenvalue weighted by molar-refractivity contribution is 9.10. The molecule has 19 heavy (non-hydrogen) atoms. The molecule has 0 aliphatic rings. The molecule has 0 spiro atoms. The van der Waals surface area contributed by atoms with Crippen LogP contribution in [0.5, 0.6) is 5.75 Å². The lowest BCUT2D eigenvalue weighted by Crippen LogP contribution is -2.05. The molecule has 1 aromatic carbocycles. The fraction of sp³-hybridized carbons (Fsp3) is 0.286. The van der Waals surface area contributed by atoms with E-state index in [1.807, 2.05) is 6.07 Å². The molecule has 3 N–H and O–H groups in total. The fourth-order valence-corrected chi connectivity index (χ4v) is 2.15. The second-order valence-electron chi connectivity index (χ2n) is 4.84. The lowest BCUT2D eigenvalue weighted by Gasteiger charge is -2.11. The predicted octanol–water partition coefficient (Wildman–Crippen LogP) is 3.39. The van der Waals surface area contributed by atoms with E-state index in [1.165, 1.54) is 0 Å². The van der Waals surface area contributed by atoms with Gasteiger partial charge in [0.1, 0.15) is 11.6 Å². The number of benzene rings is 1. The Balaban J connectivity index is 2.50. The van der Waals surface area contributed by atoms with Crippen molar-refractivity contribution in [3.63, 3.8) is 0 Å². The number of nitrogens with two attached hydrogens (primary N) is 1. The third-order valence-electron chi connectivity index (χ3n) is 2.65. The molecule has 0 amide bonds. The molecule has 100 valence electrons. The van der Waals surface area contributed by atoms with Crippen molar-refractivity contribution in [2.45, 2.75) is 20.3 Å². The van der Waals surface area contributed by atoms with Gasteiger partial charge in [0, 0.05) is 5.56 Å². The average Bonchev–Trinajstić information content (AvgIpc) is 2.34. The Morgan fingerprint density at radius 3 is 2.68 bits per heavy atom. The number of halogens is 1. The summed E-state index contributed by atoms with van der Waals surface area (Å²) >= 11 is 3.43. The summed E-state index contributed by atoms with van der Waals surface area (Å²) in [5.41, 5.74) is 7.56. The zero-order valence-corrected chi connectivity index (χ0v) is 12.5.